The summed E-state index contributed by atoms with van der Waals surface area (Å²) in [4.78, 5) is 25.2. The van der Waals surface area contributed by atoms with Gasteiger partial charge in [-0.15, -0.1) is 0 Å². The molecule has 2 aliphatic heterocycles. The van der Waals surface area contributed by atoms with Crippen molar-refractivity contribution >= 4 is 12.0 Å². The fourth-order valence-electron chi connectivity index (χ4n) is 2.77. The Morgan fingerprint density at radius 2 is 2.37 bits per heavy atom. The molecule has 102 valence electrons. The van der Waals surface area contributed by atoms with Crippen LogP contribution in [0, 0.1) is 0 Å². The highest BCUT2D eigenvalue weighted by Crippen LogP contribution is 2.43. The number of aromatic nitrogens is 2. The molecular formula is C11H14N4O4. The Hall–Kier alpha value is -2.09. The number of aryl methyl sites for hydroxylation is 1. The number of esters is 1. The summed E-state index contributed by atoms with van der Waals surface area (Å²) in [6.45, 7) is 2.73. The Morgan fingerprint density at radius 3 is 3.00 bits per heavy atom. The third-order valence-corrected chi connectivity index (χ3v) is 3.67. The van der Waals surface area contributed by atoms with E-state index >= 15 is 0 Å². The zero-order valence-corrected chi connectivity index (χ0v) is 10.6. The average Bonchev–Trinajstić information content (AvgIpc) is 2.95. The van der Waals surface area contributed by atoms with Crippen molar-refractivity contribution in [2.75, 3.05) is 13.7 Å². The van der Waals surface area contributed by atoms with Gasteiger partial charge in [-0.3, -0.25) is 9.89 Å². The molecule has 0 saturated carbocycles. The summed E-state index contributed by atoms with van der Waals surface area (Å²) in [6.07, 6.45) is 1.60. The van der Waals surface area contributed by atoms with Crippen molar-refractivity contribution in [3.63, 3.8) is 0 Å². The first-order chi connectivity index (χ1) is 9.10. The van der Waals surface area contributed by atoms with Crippen LogP contribution in [0.25, 0.3) is 0 Å². The Labute approximate surface area is 109 Å². The molecule has 2 bridgehead atoms. The topological polar surface area (TPSA) is 87.9 Å². The minimum atomic E-state index is -0.844. The highest BCUT2D eigenvalue weighted by Gasteiger charge is 2.52. The summed E-state index contributed by atoms with van der Waals surface area (Å²) in [5, 5.41) is 14.7. The number of hydrogen-bond donors (Lipinski definition) is 1. The van der Waals surface area contributed by atoms with Crippen molar-refractivity contribution in [3.8, 4) is 0 Å². The largest absolute Gasteiger partial charge is 0.467 e. The summed E-state index contributed by atoms with van der Waals surface area (Å²) in [7, 11) is 1.28. The second-order valence-electron chi connectivity index (χ2n) is 4.52. The average molecular weight is 266 g/mol. The first kappa shape index (κ1) is 12.0. The number of carbonyl (C=O) groups is 2. The second-order valence-corrected chi connectivity index (χ2v) is 4.52. The van der Waals surface area contributed by atoms with E-state index in [-0.39, 0.29) is 6.54 Å². The molecular weight excluding hydrogens is 252 g/mol. The van der Waals surface area contributed by atoms with Crippen LogP contribution in [0.5, 0.6) is 0 Å². The number of hydroxylamine groups is 2. The van der Waals surface area contributed by atoms with Crippen molar-refractivity contribution < 1.29 is 19.5 Å². The maximum atomic E-state index is 12.0. The molecule has 1 N–H and O–H groups in total. The molecule has 3 rings (SSSR count). The van der Waals surface area contributed by atoms with Crippen LogP contribution in [0.2, 0.25) is 0 Å². The van der Waals surface area contributed by atoms with Crippen LogP contribution >= 0.6 is 0 Å². The lowest BCUT2D eigenvalue weighted by atomic mass is 9.98. The van der Waals surface area contributed by atoms with E-state index in [4.69, 9.17) is 4.74 Å². The molecule has 3 heterocycles. The molecule has 8 heteroatoms. The first-order valence-corrected chi connectivity index (χ1v) is 6.02. The molecule has 0 spiro atoms. The number of methoxy groups -OCH3 is 1. The van der Waals surface area contributed by atoms with Gasteiger partial charge < -0.3 is 9.64 Å². The molecule has 2 atom stereocenters. The molecule has 19 heavy (non-hydrogen) atoms. The quantitative estimate of drug-likeness (QED) is 0.614. The molecule has 1 saturated heterocycles. The number of nitrogens with zero attached hydrogens (tertiary/aromatic N) is 4. The van der Waals surface area contributed by atoms with Gasteiger partial charge in [0.1, 0.15) is 6.04 Å². The lowest BCUT2D eigenvalue weighted by Gasteiger charge is -2.29. The molecule has 8 nitrogen and oxygen atoms in total. The van der Waals surface area contributed by atoms with E-state index in [9.17, 15) is 14.8 Å². The highest BCUT2D eigenvalue weighted by atomic mass is 16.5. The van der Waals surface area contributed by atoms with Gasteiger partial charge in [0.05, 0.1) is 25.5 Å². The number of rotatable bonds is 2. The predicted molar refractivity (Wildman–Crippen MR) is 61.1 cm³/mol. The summed E-state index contributed by atoms with van der Waals surface area (Å²) < 4.78 is 6.43. The van der Waals surface area contributed by atoms with Gasteiger partial charge in [0.15, 0.2) is 6.04 Å². The number of ether oxygens (including phenoxy) is 1. The summed E-state index contributed by atoms with van der Waals surface area (Å²) in [5.74, 6) is -0.529. The minimum Gasteiger partial charge on any atom is -0.467 e. The molecule has 0 aromatic carbocycles. The fourth-order valence-corrected chi connectivity index (χ4v) is 2.77. The Bertz CT molecular complexity index is 555. The summed E-state index contributed by atoms with van der Waals surface area (Å²) >= 11 is 0. The number of urea groups is 1. The van der Waals surface area contributed by atoms with Crippen LogP contribution in [0.1, 0.15) is 30.3 Å². The fraction of sp³-hybridized carbons (Fsp3) is 0.545. The van der Waals surface area contributed by atoms with Crippen molar-refractivity contribution in [2.45, 2.75) is 25.6 Å². The van der Waals surface area contributed by atoms with Crippen LogP contribution in [-0.4, -0.2) is 50.6 Å². The molecule has 2 aliphatic rings. The molecule has 2 unspecified atom stereocenters. The van der Waals surface area contributed by atoms with Gasteiger partial charge in [0, 0.05) is 12.1 Å². The maximum Gasteiger partial charge on any atom is 0.345 e. The van der Waals surface area contributed by atoms with Crippen LogP contribution in [0.15, 0.2) is 6.20 Å². The third kappa shape index (κ3) is 1.40. The number of hydrogen-bond acceptors (Lipinski definition) is 5. The van der Waals surface area contributed by atoms with Crippen molar-refractivity contribution in [1.29, 1.82) is 0 Å². The third-order valence-electron chi connectivity index (χ3n) is 3.67. The van der Waals surface area contributed by atoms with Crippen molar-refractivity contribution in [1.82, 2.24) is 19.7 Å². The van der Waals surface area contributed by atoms with Gasteiger partial charge in [-0.2, -0.15) is 10.2 Å². The Kier molecular flexibility index (Phi) is 2.49. The molecule has 1 fully saturated rings. The van der Waals surface area contributed by atoms with Crippen LogP contribution in [-0.2, 0) is 16.1 Å². The Balaban J connectivity index is 2.18. The normalized spacial score (nSPS) is 24.7. The Morgan fingerprint density at radius 1 is 1.63 bits per heavy atom. The molecule has 2 amide bonds. The summed E-state index contributed by atoms with van der Waals surface area (Å²) in [6, 6.07) is -1.90. The van der Waals surface area contributed by atoms with E-state index in [0.717, 1.165) is 0 Å². The van der Waals surface area contributed by atoms with Crippen molar-refractivity contribution in [2.24, 2.45) is 0 Å². The smallest absolute Gasteiger partial charge is 0.345 e. The predicted octanol–water partition coefficient (Wildman–Crippen LogP) is 0.299. The van der Waals surface area contributed by atoms with E-state index in [2.05, 4.69) is 5.10 Å². The second kappa shape index (κ2) is 3.95. The minimum absolute atomic E-state index is 0.261. The first-order valence-electron chi connectivity index (χ1n) is 6.02. The SMILES string of the molecule is CCn1ncc2c1C(C(=O)OC)N1CC2N(O)C1=O. The van der Waals surface area contributed by atoms with Gasteiger partial charge >= 0.3 is 12.0 Å². The highest BCUT2D eigenvalue weighted by molar-refractivity contribution is 5.87. The molecule has 0 aliphatic carbocycles. The van der Waals surface area contributed by atoms with Gasteiger partial charge in [0.25, 0.3) is 0 Å². The van der Waals surface area contributed by atoms with E-state index in [1.165, 1.54) is 12.0 Å². The maximum absolute atomic E-state index is 12.0. The lowest BCUT2D eigenvalue weighted by molar-refractivity contribution is -0.146. The van der Waals surface area contributed by atoms with E-state index < -0.39 is 24.1 Å². The van der Waals surface area contributed by atoms with Crippen LogP contribution in [0.4, 0.5) is 4.79 Å². The molecule has 1 aromatic rings. The zero-order valence-electron chi connectivity index (χ0n) is 10.6. The van der Waals surface area contributed by atoms with E-state index in [1.807, 2.05) is 6.92 Å². The number of amides is 2. The van der Waals surface area contributed by atoms with Crippen molar-refractivity contribution in [3.05, 3.63) is 17.5 Å². The summed E-state index contributed by atoms with van der Waals surface area (Å²) in [5.41, 5.74) is 1.32. The van der Waals surface area contributed by atoms with Gasteiger partial charge in [0.2, 0.25) is 0 Å². The number of fused-ring (bicyclic) bond motifs is 4. The van der Waals surface area contributed by atoms with Crippen LogP contribution in [0.3, 0.4) is 0 Å². The molecule has 1 aromatic heterocycles. The van der Waals surface area contributed by atoms with Gasteiger partial charge in [-0.25, -0.2) is 9.59 Å². The number of carbonyl (C=O) groups excluding carboxylic acids is 2. The lowest BCUT2D eigenvalue weighted by Crippen LogP contribution is -2.40. The van der Waals surface area contributed by atoms with E-state index in [1.54, 1.807) is 10.9 Å². The monoisotopic (exact) mass is 266 g/mol. The van der Waals surface area contributed by atoms with Crippen LogP contribution < -0.4 is 0 Å². The zero-order chi connectivity index (χ0) is 13.7. The van der Waals surface area contributed by atoms with Gasteiger partial charge in [-0.1, -0.05) is 0 Å². The van der Waals surface area contributed by atoms with E-state index in [0.29, 0.717) is 22.9 Å². The molecule has 0 radical (unpaired) electrons. The standard InChI is InChI=1S/C11H14N4O4/c1-3-14-8-6(4-12-14)7-5-13(11(17)15(7)18)9(8)10(16)19-2/h4,7,9,18H,3,5H2,1-2H3. The van der Waals surface area contributed by atoms with Gasteiger partial charge in [-0.05, 0) is 6.92 Å².